The topological polar surface area (TPSA) is 95.9 Å². The maximum Gasteiger partial charge on any atom is 0.305 e. The zero-order chi connectivity index (χ0) is 45.8. The number of carbonyl (C=O) groups is 2. The summed E-state index contributed by atoms with van der Waals surface area (Å²) < 4.78 is 5.45. The number of carbonyl (C=O) groups excluding carboxylic acids is 2. The van der Waals surface area contributed by atoms with Crippen LogP contribution in [0.5, 0.6) is 0 Å². The summed E-state index contributed by atoms with van der Waals surface area (Å²) in [7, 11) is 0. The second kappa shape index (κ2) is 52.7. The highest BCUT2D eigenvalue weighted by Crippen LogP contribution is 2.16. The van der Waals surface area contributed by atoms with Crippen molar-refractivity contribution >= 4 is 11.9 Å². The molecule has 0 aromatic rings. The minimum atomic E-state index is -0.856. The summed E-state index contributed by atoms with van der Waals surface area (Å²) in [6.45, 7) is 4.83. The zero-order valence-electron chi connectivity index (χ0n) is 42.1. The third-order valence-corrected chi connectivity index (χ3v) is 12.7. The first kappa shape index (κ1) is 61.1. The molecule has 6 heteroatoms. The average Bonchev–Trinajstić information content (AvgIpc) is 3.28. The lowest BCUT2D eigenvalue weighted by Crippen LogP contribution is -2.45. The minimum absolute atomic E-state index is 0.0254. The molecular formula is C57H107NO5. The molecule has 63 heavy (non-hydrogen) atoms. The van der Waals surface area contributed by atoms with Gasteiger partial charge in [-0.1, -0.05) is 256 Å². The number of allylic oxidation sites excluding steroid dienone is 5. The molecule has 2 unspecified atom stereocenters. The number of aliphatic hydroxyl groups is 2. The molecule has 0 aliphatic carbocycles. The number of ether oxygens (including phenoxy) is 1. The van der Waals surface area contributed by atoms with Crippen molar-refractivity contribution in [1.82, 2.24) is 5.32 Å². The highest BCUT2D eigenvalue weighted by Gasteiger charge is 2.18. The molecule has 0 aliphatic heterocycles. The van der Waals surface area contributed by atoms with Crippen LogP contribution in [-0.2, 0) is 14.3 Å². The second-order valence-electron chi connectivity index (χ2n) is 18.9. The summed E-state index contributed by atoms with van der Waals surface area (Å²) in [5, 5.41) is 23.1. The van der Waals surface area contributed by atoms with E-state index in [1.807, 2.05) is 6.08 Å². The van der Waals surface area contributed by atoms with Crippen LogP contribution >= 0.6 is 0 Å². The van der Waals surface area contributed by atoms with E-state index in [4.69, 9.17) is 4.74 Å². The Kier molecular flexibility index (Phi) is 51.1. The van der Waals surface area contributed by atoms with Crippen LogP contribution in [0.3, 0.4) is 0 Å². The monoisotopic (exact) mass is 886 g/mol. The van der Waals surface area contributed by atoms with Crippen LogP contribution in [0.25, 0.3) is 0 Å². The van der Waals surface area contributed by atoms with E-state index < -0.39 is 12.1 Å². The molecule has 3 N–H and O–H groups in total. The van der Waals surface area contributed by atoms with Gasteiger partial charge in [0.25, 0.3) is 0 Å². The Morgan fingerprint density at radius 1 is 0.444 bits per heavy atom. The van der Waals surface area contributed by atoms with E-state index in [0.29, 0.717) is 19.4 Å². The molecule has 0 aromatic carbocycles. The number of esters is 1. The Bertz CT molecular complexity index is 1020. The normalized spacial score (nSPS) is 12.9. The van der Waals surface area contributed by atoms with E-state index in [1.165, 1.54) is 193 Å². The quantitative estimate of drug-likeness (QED) is 0.0321. The second-order valence-corrected chi connectivity index (χ2v) is 18.9. The number of aliphatic hydroxyl groups excluding tert-OH is 2. The molecule has 0 spiro atoms. The number of unbranched alkanes of at least 4 members (excludes halogenated alkanes) is 36. The van der Waals surface area contributed by atoms with Gasteiger partial charge in [0.05, 0.1) is 25.4 Å². The molecule has 0 aromatic heterocycles. The van der Waals surface area contributed by atoms with E-state index >= 15 is 0 Å². The van der Waals surface area contributed by atoms with Crippen LogP contribution in [0.15, 0.2) is 36.5 Å². The number of amides is 1. The van der Waals surface area contributed by atoms with Gasteiger partial charge in [-0.3, -0.25) is 9.59 Å². The standard InChI is InChI=1S/C57H107NO5/c1-3-5-7-9-11-13-15-17-19-20-21-22-23-24-25-29-33-37-41-45-49-55(60)54(53-59)58-56(61)50-46-42-38-34-30-27-28-32-36-40-44-48-52-63-57(62)51-47-43-39-35-31-26-18-16-14-12-10-8-6-4-2/h10,12,16,18,45,49,54-55,59-60H,3-9,11,13-15,17,19-44,46-48,50-53H2,1-2H3,(H,58,61)/b12-10-,18-16-,49-45+. The third-order valence-electron chi connectivity index (χ3n) is 12.7. The first-order valence-electron chi connectivity index (χ1n) is 27.8. The van der Waals surface area contributed by atoms with Crippen LogP contribution in [0.4, 0.5) is 0 Å². The molecule has 0 aliphatic rings. The summed E-state index contributed by atoms with van der Waals surface area (Å²) in [5.41, 5.74) is 0. The van der Waals surface area contributed by atoms with Crippen molar-refractivity contribution in [3.8, 4) is 0 Å². The van der Waals surface area contributed by atoms with Crippen molar-refractivity contribution < 1.29 is 24.5 Å². The summed E-state index contributed by atoms with van der Waals surface area (Å²) >= 11 is 0. The highest BCUT2D eigenvalue weighted by atomic mass is 16.5. The molecular weight excluding hydrogens is 779 g/mol. The molecule has 0 radical (unpaired) electrons. The molecule has 370 valence electrons. The third kappa shape index (κ3) is 49.4. The van der Waals surface area contributed by atoms with Crippen molar-refractivity contribution in [3.05, 3.63) is 36.5 Å². The number of nitrogens with one attached hydrogen (secondary N) is 1. The Morgan fingerprint density at radius 2 is 0.810 bits per heavy atom. The van der Waals surface area contributed by atoms with Gasteiger partial charge in [0.1, 0.15) is 0 Å². The van der Waals surface area contributed by atoms with E-state index in [2.05, 4.69) is 43.5 Å². The molecule has 0 saturated heterocycles. The van der Waals surface area contributed by atoms with Crippen molar-refractivity contribution in [2.24, 2.45) is 0 Å². The molecule has 6 nitrogen and oxygen atoms in total. The minimum Gasteiger partial charge on any atom is -0.466 e. The Hall–Kier alpha value is -1.92. The molecule has 0 saturated carbocycles. The van der Waals surface area contributed by atoms with Gasteiger partial charge < -0.3 is 20.3 Å². The van der Waals surface area contributed by atoms with E-state index in [0.717, 1.165) is 70.6 Å². The average molecular weight is 886 g/mol. The van der Waals surface area contributed by atoms with Crippen LogP contribution < -0.4 is 5.32 Å². The Morgan fingerprint density at radius 3 is 1.25 bits per heavy atom. The Balaban J connectivity index is 3.51. The van der Waals surface area contributed by atoms with Crippen LogP contribution in [0, 0.1) is 0 Å². The number of hydrogen-bond donors (Lipinski definition) is 3. The zero-order valence-corrected chi connectivity index (χ0v) is 42.1. The van der Waals surface area contributed by atoms with Gasteiger partial charge in [0.15, 0.2) is 0 Å². The fourth-order valence-electron chi connectivity index (χ4n) is 8.36. The van der Waals surface area contributed by atoms with Crippen LogP contribution in [0.2, 0.25) is 0 Å². The van der Waals surface area contributed by atoms with Crippen LogP contribution in [-0.4, -0.2) is 47.4 Å². The first-order chi connectivity index (χ1) is 31.0. The first-order valence-corrected chi connectivity index (χ1v) is 27.8. The number of hydrogen-bond acceptors (Lipinski definition) is 5. The van der Waals surface area contributed by atoms with Gasteiger partial charge in [0.2, 0.25) is 5.91 Å². The predicted molar refractivity (Wildman–Crippen MR) is 273 cm³/mol. The van der Waals surface area contributed by atoms with E-state index in [1.54, 1.807) is 6.08 Å². The molecule has 0 heterocycles. The van der Waals surface area contributed by atoms with E-state index in [9.17, 15) is 19.8 Å². The smallest absolute Gasteiger partial charge is 0.305 e. The lowest BCUT2D eigenvalue weighted by atomic mass is 10.0. The van der Waals surface area contributed by atoms with Crippen LogP contribution in [0.1, 0.15) is 290 Å². The highest BCUT2D eigenvalue weighted by molar-refractivity contribution is 5.76. The van der Waals surface area contributed by atoms with Crippen molar-refractivity contribution in [3.63, 3.8) is 0 Å². The lowest BCUT2D eigenvalue weighted by molar-refractivity contribution is -0.143. The van der Waals surface area contributed by atoms with Gasteiger partial charge >= 0.3 is 5.97 Å². The SMILES string of the molecule is CCCC/C=C\C/C=C\CCCCCCCC(=O)OCCCCCCCCCCCCCCC(=O)NC(CO)C(O)/C=C/CCCCCCCCCCCCCCCCCCCC. The molecule has 0 bridgehead atoms. The fourth-order valence-corrected chi connectivity index (χ4v) is 8.36. The maximum absolute atomic E-state index is 12.5. The number of rotatable bonds is 51. The van der Waals surface area contributed by atoms with Gasteiger partial charge in [-0.2, -0.15) is 0 Å². The van der Waals surface area contributed by atoms with Gasteiger partial charge in [-0.15, -0.1) is 0 Å². The summed E-state index contributed by atoms with van der Waals surface area (Å²) in [6, 6.07) is -0.641. The predicted octanol–water partition coefficient (Wildman–Crippen LogP) is 16.9. The summed E-state index contributed by atoms with van der Waals surface area (Å²) in [6.07, 6.45) is 64.3. The maximum atomic E-state index is 12.5. The Labute approximate surface area is 392 Å². The summed E-state index contributed by atoms with van der Waals surface area (Å²) in [5.74, 6) is -0.108. The van der Waals surface area contributed by atoms with Gasteiger partial charge in [0, 0.05) is 12.8 Å². The van der Waals surface area contributed by atoms with Crippen molar-refractivity contribution in [1.29, 1.82) is 0 Å². The largest absolute Gasteiger partial charge is 0.466 e. The fraction of sp³-hybridized carbons (Fsp3) is 0.860. The molecule has 0 fully saturated rings. The molecule has 0 rings (SSSR count). The lowest BCUT2D eigenvalue weighted by Gasteiger charge is -2.20. The molecule has 1 amide bonds. The van der Waals surface area contributed by atoms with Gasteiger partial charge in [-0.25, -0.2) is 0 Å². The van der Waals surface area contributed by atoms with Gasteiger partial charge in [-0.05, 0) is 57.8 Å². The summed E-state index contributed by atoms with van der Waals surface area (Å²) in [4.78, 5) is 24.5. The molecule has 2 atom stereocenters. The van der Waals surface area contributed by atoms with Crippen molar-refractivity contribution in [2.45, 2.75) is 302 Å². The van der Waals surface area contributed by atoms with Crippen molar-refractivity contribution in [2.75, 3.05) is 13.2 Å². The van der Waals surface area contributed by atoms with E-state index in [-0.39, 0.29) is 18.5 Å².